The topological polar surface area (TPSA) is 156 Å². The fourth-order valence-corrected chi connectivity index (χ4v) is 6.93. The summed E-state index contributed by atoms with van der Waals surface area (Å²) in [5.41, 5.74) is 9.96. The van der Waals surface area contributed by atoms with Crippen molar-refractivity contribution in [1.82, 2.24) is 4.90 Å². The lowest BCUT2D eigenvalue weighted by atomic mass is 9.99. The number of amides is 2. The average Bonchev–Trinajstić information content (AvgIpc) is 3.27. The van der Waals surface area contributed by atoms with Gasteiger partial charge in [-0.15, -0.1) is 11.3 Å². The van der Waals surface area contributed by atoms with Gasteiger partial charge in [-0.1, -0.05) is 35.6 Å². The minimum Gasteiger partial charge on any atom is -0.465 e. The molecule has 13 heteroatoms. The molecule has 3 aromatic rings. The van der Waals surface area contributed by atoms with Gasteiger partial charge in [-0.05, 0) is 56.7 Å². The van der Waals surface area contributed by atoms with Crippen LogP contribution in [0.2, 0.25) is 5.02 Å². The van der Waals surface area contributed by atoms with Crippen LogP contribution in [0.15, 0.2) is 47.5 Å². The minimum absolute atomic E-state index is 0.0171. The smallest absolute Gasteiger partial charge is 0.339 e. The van der Waals surface area contributed by atoms with Gasteiger partial charge in [0.2, 0.25) is 11.8 Å². The molecular weight excluding hydrogens is 638 g/mol. The molecule has 0 radical (unpaired) electrons. The molecule has 2 amide bonds. The predicted molar refractivity (Wildman–Crippen MR) is 186 cm³/mol. The third kappa shape index (κ3) is 6.69. The number of hydrogen-bond acceptors (Lipinski definition) is 10. The van der Waals surface area contributed by atoms with Gasteiger partial charge in [0.25, 0.3) is 0 Å². The van der Waals surface area contributed by atoms with E-state index < -0.39 is 23.8 Å². The number of carbonyl (C=O) groups is 3. The van der Waals surface area contributed by atoms with Crippen molar-refractivity contribution in [2.24, 2.45) is 10.7 Å². The van der Waals surface area contributed by atoms with Crippen molar-refractivity contribution in [1.29, 1.82) is 10.8 Å². The van der Waals surface area contributed by atoms with E-state index in [-0.39, 0.29) is 43.3 Å². The quantitative estimate of drug-likeness (QED) is 0.157. The van der Waals surface area contributed by atoms with Crippen LogP contribution >= 0.6 is 22.9 Å². The van der Waals surface area contributed by atoms with Crippen LogP contribution in [-0.2, 0) is 14.3 Å². The molecule has 0 aliphatic carbocycles. The van der Waals surface area contributed by atoms with E-state index in [1.807, 2.05) is 26.0 Å². The van der Waals surface area contributed by atoms with Crippen LogP contribution in [-0.4, -0.2) is 79.4 Å². The number of fused-ring (bicyclic) bond motifs is 1. The van der Waals surface area contributed by atoms with E-state index in [4.69, 9.17) is 37.9 Å². The highest BCUT2D eigenvalue weighted by Gasteiger charge is 2.37. The van der Waals surface area contributed by atoms with Crippen molar-refractivity contribution in [2.45, 2.75) is 33.2 Å². The standard InChI is InChI=1S/C34H34ClN7O4S/c1-19-20(2)47-33-30(19)31(23-7-10-24(35)11-8-23)39-27(32(38)42(33)21(3)37)17-28(43)41-15-14-40(18-29(41)44)25-12-9-22(6-5-13-36)26(16-25)34(45)46-4/h7-12,16,27,37-38H,13-15,17-18,36H2,1-4H3/t27-/m0/s1. The van der Waals surface area contributed by atoms with E-state index in [2.05, 4.69) is 11.8 Å². The molecule has 0 unspecified atom stereocenters. The van der Waals surface area contributed by atoms with Crippen molar-refractivity contribution in [3.8, 4) is 11.8 Å². The molecule has 11 nitrogen and oxygen atoms in total. The molecule has 0 saturated carbocycles. The lowest BCUT2D eigenvalue weighted by molar-refractivity contribution is -0.145. The molecule has 3 heterocycles. The van der Waals surface area contributed by atoms with Gasteiger partial charge in [-0.25, -0.2) is 4.79 Å². The van der Waals surface area contributed by atoms with Gasteiger partial charge < -0.3 is 15.4 Å². The molecule has 1 aromatic heterocycles. The monoisotopic (exact) mass is 671 g/mol. The van der Waals surface area contributed by atoms with Crippen molar-refractivity contribution >= 4 is 68.8 Å². The summed E-state index contributed by atoms with van der Waals surface area (Å²) in [7, 11) is 1.28. The van der Waals surface area contributed by atoms with Crippen LogP contribution in [0.1, 0.15) is 50.8 Å². The first-order valence-electron chi connectivity index (χ1n) is 14.8. The van der Waals surface area contributed by atoms with E-state index in [0.717, 1.165) is 21.6 Å². The summed E-state index contributed by atoms with van der Waals surface area (Å²) in [4.78, 5) is 50.1. The molecule has 2 aliphatic rings. The molecule has 2 aliphatic heterocycles. The fourth-order valence-electron chi connectivity index (χ4n) is 5.58. The zero-order valence-electron chi connectivity index (χ0n) is 26.4. The second-order valence-electron chi connectivity index (χ2n) is 11.1. The van der Waals surface area contributed by atoms with Crippen LogP contribution in [0.25, 0.3) is 0 Å². The molecule has 47 heavy (non-hydrogen) atoms. The number of nitrogens with zero attached hydrogens (tertiary/aromatic N) is 4. The third-order valence-corrected chi connectivity index (χ3v) is 9.53. The molecule has 4 N–H and O–H groups in total. The molecule has 242 valence electrons. The number of amidine groups is 2. The number of ether oxygens (including phenoxy) is 1. The Morgan fingerprint density at radius 3 is 2.53 bits per heavy atom. The summed E-state index contributed by atoms with van der Waals surface area (Å²) in [6, 6.07) is 11.3. The number of benzene rings is 2. The minimum atomic E-state index is -0.955. The number of esters is 1. The number of thiophene rings is 1. The molecule has 1 atom stereocenters. The zero-order valence-corrected chi connectivity index (χ0v) is 28.0. The van der Waals surface area contributed by atoms with Gasteiger partial charge in [-0.3, -0.25) is 35.2 Å². The molecule has 5 rings (SSSR count). The van der Waals surface area contributed by atoms with Crippen LogP contribution in [0.5, 0.6) is 0 Å². The van der Waals surface area contributed by atoms with E-state index in [0.29, 0.717) is 33.5 Å². The van der Waals surface area contributed by atoms with Gasteiger partial charge in [0.15, 0.2) is 0 Å². The number of nitrogens with two attached hydrogens (primary N) is 1. The van der Waals surface area contributed by atoms with E-state index in [1.54, 1.807) is 42.2 Å². The summed E-state index contributed by atoms with van der Waals surface area (Å²) in [6.07, 6.45) is -0.237. The number of aryl methyl sites for hydroxylation is 1. The Morgan fingerprint density at radius 1 is 1.17 bits per heavy atom. The maximum atomic E-state index is 13.7. The number of piperazine rings is 1. The number of anilines is 2. The summed E-state index contributed by atoms with van der Waals surface area (Å²) in [6.45, 7) is 6.04. The molecule has 1 saturated heterocycles. The van der Waals surface area contributed by atoms with Gasteiger partial charge in [-0.2, -0.15) is 0 Å². The highest BCUT2D eigenvalue weighted by atomic mass is 35.5. The maximum absolute atomic E-state index is 13.7. The van der Waals surface area contributed by atoms with Gasteiger partial charge >= 0.3 is 5.97 Å². The molecule has 1 fully saturated rings. The second kappa shape index (κ2) is 13.9. The maximum Gasteiger partial charge on any atom is 0.339 e. The van der Waals surface area contributed by atoms with Gasteiger partial charge in [0.05, 0.1) is 37.9 Å². The average molecular weight is 672 g/mol. The summed E-state index contributed by atoms with van der Waals surface area (Å²) in [5.74, 6) is 4.26. The highest BCUT2D eigenvalue weighted by molar-refractivity contribution is 7.17. The first kappa shape index (κ1) is 33.5. The van der Waals surface area contributed by atoms with Gasteiger partial charge in [0, 0.05) is 45.4 Å². The van der Waals surface area contributed by atoms with Gasteiger partial charge in [0.1, 0.15) is 22.7 Å². The molecule has 0 bridgehead atoms. The number of nitrogens with one attached hydrogen (secondary N) is 2. The Morgan fingerprint density at radius 2 is 1.89 bits per heavy atom. The first-order valence-corrected chi connectivity index (χ1v) is 16.0. The number of methoxy groups -OCH3 is 1. The summed E-state index contributed by atoms with van der Waals surface area (Å²) in [5, 5.41) is 19.0. The number of aliphatic imine (C=N–C) groups is 1. The van der Waals surface area contributed by atoms with Crippen LogP contribution in [0.3, 0.4) is 0 Å². The third-order valence-electron chi connectivity index (χ3n) is 8.09. The van der Waals surface area contributed by atoms with Crippen molar-refractivity contribution in [2.75, 3.05) is 43.1 Å². The Kier molecular flexibility index (Phi) is 9.91. The SMILES string of the molecule is COC(=O)c1cc(N2CCN(C(=O)C[C@@H]3N=C(c4ccc(Cl)cc4)c4c(sc(C)c4C)N(C(C)=N)C3=N)C(=O)C2)ccc1C#CCN. The Bertz CT molecular complexity index is 1890. The van der Waals surface area contributed by atoms with Crippen molar-refractivity contribution in [3.63, 3.8) is 0 Å². The van der Waals surface area contributed by atoms with E-state index >= 15 is 0 Å². The number of hydrogen-bond donors (Lipinski definition) is 3. The summed E-state index contributed by atoms with van der Waals surface area (Å²) < 4.78 is 4.92. The van der Waals surface area contributed by atoms with E-state index in [1.165, 1.54) is 28.2 Å². The molecule has 0 spiro atoms. The van der Waals surface area contributed by atoms with E-state index in [9.17, 15) is 14.4 Å². The highest BCUT2D eigenvalue weighted by Crippen LogP contribution is 2.40. The molecule has 2 aromatic carbocycles. The van der Waals surface area contributed by atoms with Crippen LogP contribution in [0, 0.1) is 36.5 Å². The number of rotatable bonds is 5. The lowest BCUT2D eigenvalue weighted by Crippen LogP contribution is -2.53. The van der Waals surface area contributed by atoms with Crippen LogP contribution in [0.4, 0.5) is 10.7 Å². The lowest BCUT2D eigenvalue weighted by Gasteiger charge is -2.35. The predicted octanol–water partition coefficient (Wildman–Crippen LogP) is 4.38. The molecular formula is C34H34ClN7O4S. The van der Waals surface area contributed by atoms with Crippen molar-refractivity contribution < 1.29 is 19.1 Å². The number of halogens is 1. The normalized spacial score (nSPS) is 16.2. The second-order valence-corrected chi connectivity index (χ2v) is 12.7. The van der Waals surface area contributed by atoms with Crippen LogP contribution < -0.4 is 15.5 Å². The number of carbonyl (C=O) groups excluding carboxylic acids is 3. The number of imide groups is 1. The Balaban J connectivity index is 1.42. The first-order chi connectivity index (χ1) is 22.4. The Labute approximate surface area is 282 Å². The fraction of sp³-hybridized carbons (Fsp3) is 0.294. The Hall–Kier alpha value is -4.83. The largest absolute Gasteiger partial charge is 0.465 e. The summed E-state index contributed by atoms with van der Waals surface area (Å²) >= 11 is 7.65. The van der Waals surface area contributed by atoms with Crippen molar-refractivity contribution in [3.05, 3.63) is 80.2 Å². The zero-order chi connectivity index (χ0) is 34.0.